The minimum Gasteiger partial charge on any atom is -0.374 e. The molecule has 6 nitrogen and oxygen atoms in total. The van der Waals surface area contributed by atoms with Crippen LogP contribution in [0.4, 0.5) is 0 Å². The molecule has 4 rings (SSSR count). The van der Waals surface area contributed by atoms with Crippen molar-refractivity contribution in [2.24, 2.45) is 0 Å². The fourth-order valence-corrected chi connectivity index (χ4v) is 3.52. The third kappa shape index (κ3) is 2.74. The molecule has 2 fully saturated rings. The number of carbonyl (C=O) groups excluding carboxylic acids is 1. The van der Waals surface area contributed by atoms with E-state index in [0.29, 0.717) is 24.6 Å². The number of aromatic nitrogens is 2. The van der Waals surface area contributed by atoms with Gasteiger partial charge in [0, 0.05) is 30.6 Å². The van der Waals surface area contributed by atoms with Crippen LogP contribution in [0, 0.1) is 0 Å². The average Bonchev–Trinajstić information content (AvgIpc) is 3.11. The number of rotatable bonds is 2. The van der Waals surface area contributed by atoms with Gasteiger partial charge in [-0.25, -0.2) is 0 Å². The Kier molecular flexibility index (Phi) is 3.83. The molecule has 3 heterocycles. The molecule has 23 heavy (non-hydrogen) atoms. The zero-order chi connectivity index (χ0) is 15.6. The van der Waals surface area contributed by atoms with Crippen molar-refractivity contribution in [3.63, 3.8) is 0 Å². The maximum Gasteiger partial charge on any atom is 0.276 e. The summed E-state index contributed by atoms with van der Waals surface area (Å²) in [6, 6.07) is 5.58. The summed E-state index contributed by atoms with van der Waals surface area (Å²) in [7, 11) is 0. The monoisotopic (exact) mass is 313 g/mol. The lowest BCUT2D eigenvalue weighted by molar-refractivity contribution is -0.0755. The van der Waals surface area contributed by atoms with E-state index in [9.17, 15) is 4.79 Å². The van der Waals surface area contributed by atoms with Crippen molar-refractivity contribution in [1.82, 2.24) is 15.0 Å². The molecule has 1 saturated carbocycles. The molecule has 1 saturated heterocycles. The maximum atomic E-state index is 12.8. The third-order valence-corrected chi connectivity index (χ3v) is 4.67. The third-order valence-electron chi connectivity index (χ3n) is 4.67. The van der Waals surface area contributed by atoms with E-state index in [-0.39, 0.29) is 18.1 Å². The molecule has 2 aromatic rings. The van der Waals surface area contributed by atoms with Crippen LogP contribution in [0.2, 0.25) is 0 Å². The van der Waals surface area contributed by atoms with Gasteiger partial charge in [-0.15, -0.1) is 0 Å². The van der Waals surface area contributed by atoms with Crippen LogP contribution in [0.5, 0.6) is 0 Å². The van der Waals surface area contributed by atoms with Crippen LogP contribution in [-0.2, 0) is 4.74 Å². The summed E-state index contributed by atoms with van der Waals surface area (Å²) in [5.74, 6) is 0.499. The first-order valence-corrected chi connectivity index (χ1v) is 8.12. The second-order valence-electron chi connectivity index (χ2n) is 6.08. The molecule has 120 valence electrons. The highest BCUT2D eigenvalue weighted by Crippen LogP contribution is 2.30. The van der Waals surface area contributed by atoms with E-state index in [0.717, 1.165) is 24.8 Å². The van der Waals surface area contributed by atoms with Crippen LogP contribution in [0.3, 0.4) is 0 Å². The van der Waals surface area contributed by atoms with E-state index in [1.165, 1.54) is 6.42 Å². The first-order chi connectivity index (χ1) is 11.3. The van der Waals surface area contributed by atoms with Crippen LogP contribution in [0.15, 0.2) is 35.1 Å². The molecule has 2 aromatic heterocycles. The Morgan fingerprint density at radius 3 is 3.09 bits per heavy atom. The van der Waals surface area contributed by atoms with Crippen molar-refractivity contribution in [3.05, 3.63) is 36.3 Å². The highest BCUT2D eigenvalue weighted by molar-refractivity contribution is 5.93. The van der Waals surface area contributed by atoms with Crippen LogP contribution in [0.1, 0.15) is 36.2 Å². The number of fused-ring (bicyclic) bond motifs is 1. The first-order valence-electron chi connectivity index (χ1n) is 8.12. The van der Waals surface area contributed by atoms with Gasteiger partial charge in [0.1, 0.15) is 0 Å². The minimum atomic E-state index is -0.0657. The second-order valence-corrected chi connectivity index (χ2v) is 6.08. The number of hydrogen-bond donors (Lipinski definition) is 0. The summed E-state index contributed by atoms with van der Waals surface area (Å²) < 4.78 is 11.2. The highest BCUT2D eigenvalue weighted by Gasteiger charge is 2.37. The van der Waals surface area contributed by atoms with Gasteiger partial charge in [-0.05, 0) is 25.0 Å². The van der Waals surface area contributed by atoms with Crippen LogP contribution >= 0.6 is 0 Å². The average molecular weight is 313 g/mol. The van der Waals surface area contributed by atoms with Gasteiger partial charge in [0.05, 0.1) is 18.8 Å². The van der Waals surface area contributed by atoms with Crippen LogP contribution in [0.25, 0.3) is 11.3 Å². The summed E-state index contributed by atoms with van der Waals surface area (Å²) >= 11 is 0. The lowest BCUT2D eigenvalue weighted by atomic mass is 9.90. The summed E-state index contributed by atoms with van der Waals surface area (Å²) in [4.78, 5) is 18.8. The van der Waals surface area contributed by atoms with Crippen LogP contribution < -0.4 is 0 Å². The van der Waals surface area contributed by atoms with E-state index < -0.39 is 0 Å². The number of carbonyl (C=O) groups is 1. The first kappa shape index (κ1) is 14.4. The Labute approximate surface area is 134 Å². The van der Waals surface area contributed by atoms with Crippen molar-refractivity contribution < 1.29 is 14.1 Å². The number of hydrogen-bond acceptors (Lipinski definition) is 5. The molecule has 0 radical (unpaired) electrons. The molecule has 0 unspecified atom stereocenters. The SMILES string of the molecule is O=C(c1cc(-c2cccnc2)on1)N1CCO[C@H]2CCCC[C@@H]21. The summed E-state index contributed by atoms with van der Waals surface area (Å²) in [6.45, 7) is 1.22. The number of morpholine rings is 1. The minimum absolute atomic E-state index is 0.0657. The van der Waals surface area contributed by atoms with Crippen molar-refractivity contribution >= 4 is 5.91 Å². The largest absolute Gasteiger partial charge is 0.374 e. The molecule has 0 aromatic carbocycles. The molecule has 2 atom stereocenters. The maximum absolute atomic E-state index is 12.8. The number of nitrogens with zero attached hydrogens (tertiary/aromatic N) is 3. The van der Waals surface area contributed by atoms with Gasteiger partial charge in [-0.2, -0.15) is 0 Å². The molecule has 1 aliphatic carbocycles. The molecule has 6 heteroatoms. The van der Waals surface area contributed by atoms with Gasteiger partial charge in [-0.3, -0.25) is 9.78 Å². The van der Waals surface area contributed by atoms with Crippen LogP contribution in [-0.4, -0.2) is 46.2 Å². The molecule has 0 spiro atoms. The van der Waals surface area contributed by atoms with E-state index in [4.69, 9.17) is 9.26 Å². The molecule has 1 amide bonds. The highest BCUT2D eigenvalue weighted by atomic mass is 16.5. The van der Waals surface area contributed by atoms with Gasteiger partial charge in [-0.1, -0.05) is 18.0 Å². The standard InChI is InChI=1S/C17H19N3O3/c21-17(20-8-9-22-15-6-2-1-5-14(15)20)13-10-16(23-19-13)12-4-3-7-18-11-12/h3-4,7,10-11,14-15H,1-2,5-6,8-9H2/t14-,15-/m0/s1. The molecule has 2 aliphatic rings. The Hall–Kier alpha value is -2.21. The van der Waals surface area contributed by atoms with Gasteiger partial charge >= 0.3 is 0 Å². The van der Waals surface area contributed by atoms with Crippen molar-refractivity contribution in [1.29, 1.82) is 0 Å². The Morgan fingerprint density at radius 2 is 2.22 bits per heavy atom. The predicted octanol–water partition coefficient (Wildman–Crippen LogP) is 2.52. The lowest BCUT2D eigenvalue weighted by Crippen LogP contribution is -2.54. The Morgan fingerprint density at radius 1 is 1.30 bits per heavy atom. The normalized spacial score (nSPS) is 24.3. The molecular weight excluding hydrogens is 294 g/mol. The lowest BCUT2D eigenvalue weighted by Gasteiger charge is -2.43. The molecule has 1 aliphatic heterocycles. The molecule has 0 N–H and O–H groups in total. The van der Waals surface area contributed by atoms with Gasteiger partial charge in [0.15, 0.2) is 11.5 Å². The van der Waals surface area contributed by atoms with Gasteiger partial charge < -0.3 is 14.2 Å². The van der Waals surface area contributed by atoms with Gasteiger partial charge in [0.2, 0.25) is 0 Å². The van der Waals surface area contributed by atoms with E-state index in [2.05, 4.69) is 10.1 Å². The summed E-state index contributed by atoms with van der Waals surface area (Å²) in [6.07, 6.45) is 7.93. The van der Waals surface area contributed by atoms with Crippen molar-refractivity contribution in [2.75, 3.05) is 13.2 Å². The number of ether oxygens (including phenoxy) is 1. The van der Waals surface area contributed by atoms with Gasteiger partial charge in [0.25, 0.3) is 5.91 Å². The zero-order valence-corrected chi connectivity index (χ0v) is 12.9. The second kappa shape index (κ2) is 6.12. The Balaban J connectivity index is 1.56. The van der Waals surface area contributed by atoms with E-state index in [1.54, 1.807) is 18.5 Å². The molecular formula is C17H19N3O3. The summed E-state index contributed by atoms with van der Waals surface area (Å²) in [5, 5.41) is 3.97. The predicted molar refractivity (Wildman–Crippen MR) is 82.8 cm³/mol. The number of amides is 1. The number of pyridine rings is 1. The molecule has 0 bridgehead atoms. The quantitative estimate of drug-likeness (QED) is 0.852. The van der Waals surface area contributed by atoms with E-state index in [1.807, 2.05) is 17.0 Å². The summed E-state index contributed by atoms with van der Waals surface area (Å²) in [5.41, 5.74) is 1.17. The van der Waals surface area contributed by atoms with Crippen molar-refractivity contribution in [3.8, 4) is 11.3 Å². The fourth-order valence-electron chi connectivity index (χ4n) is 3.52. The topological polar surface area (TPSA) is 68.5 Å². The Bertz CT molecular complexity index is 683. The van der Waals surface area contributed by atoms with Crippen molar-refractivity contribution in [2.45, 2.75) is 37.8 Å². The van der Waals surface area contributed by atoms with E-state index >= 15 is 0 Å². The zero-order valence-electron chi connectivity index (χ0n) is 12.9. The fraction of sp³-hybridized carbons (Fsp3) is 0.471. The smallest absolute Gasteiger partial charge is 0.276 e.